The summed E-state index contributed by atoms with van der Waals surface area (Å²) in [5.74, 6) is 0.309. The molecular formula is C10H13N5O3S. The number of nitrogens with one attached hydrogen (secondary N) is 1. The van der Waals surface area contributed by atoms with Crippen LogP contribution in [0.2, 0.25) is 0 Å². The molecule has 0 saturated carbocycles. The zero-order chi connectivity index (χ0) is 14.0. The third kappa shape index (κ3) is 3.28. The first-order chi connectivity index (χ1) is 8.86. The van der Waals surface area contributed by atoms with E-state index in [4.69, 9.17) is 15.3 Å². The van der Waals surface area contributed by atoms with Gasteiger partial charge in [-0.2, -0.15) is 0 Å². The molecule has 0 bridgehead atoms. The first kappa shape index (κ1) is 13.5. The monoisotopic (exact) mass is 283 g/mol. The second-order valence-electron chi connectivity index (χ2n) is 3.93. The average molecular weight is 283 g/mol. The summed E-state index contributed by atoms with van der Waals surface area (Å²) in [6, 6.07) is 5.65. The van der Waals surface area contributed by atoms with E-state index >= 15 is 0 Å². The summed E-state index contributed by atoms with van der Waals surface area (Å²) in [5.41, 5.74) is 6.17. The average Bonchev–Trinajstić information content (AvgIpc) is 2.77. The number of primary sulfonamides is 1. The summed E-state index contributed by atoms with van der Waals surface area (Å²) in [7, 11) is -3.70. The normalized spacial score (nSPS) is 13.2. The van der Waals surface area contributed by atoms with Crippen LogP contribution in [0.3, 0.4) is 0 Å². The lowest BCUT2D eigenvalue weighted by molar-refractivity contribution is 0.475. The molecule has 0 spiro atoms. The van der Waals surface area contributed by atoms with Gasteiger partial charge in [-0.1, -0.05) is 5.10 Å². The summed E-state index contributed by atoms with van der Waals surface area (Å²) in [6.07, 6.45) is 0. The largest absolute Gasteiger partial charge is 0.406 e. The Kier molecular flexibility index (Phi) is 3.51. The highest BCUT2D eigenvalue weighted by Crippen LogP contribution is 2.18. The Bertz CT molecular complexity index is 663. The fourth-order valence-electron chi connectivity index (χ4n) is 1.32. The van der Waals surface area contributed by atoms with E-state index in [9.17, 15) is 8.42 Å². The van der Waals surface area contributed by atoms with Gasteiger partial charge < -0.3 is 15.5 Å². The third-order valence-electron chi connectivity index (χ3n) is 2.26. The topological polar surface area (TPSA) is 137 Å². The second kappa shape index (κ2) is 4.96. The molecule has 9 heteroatoms. The molecule has 2 aromatic rings. The van der Waals surface area contributed by atoms with Gasteiger partial charge in [-0.25, -0.2) is 13.6 Å². The number of sulfonamides is 1. The van der Waals surface area contributed by atoms with Crippen molar-refractivity contribution in [2.45, 2.75) is 17.9 Å². The van der Waals surface area contributed by atoms with Crippen LogP contribution in [0, 0.1) is 0 Å². The van der Waals surface area contributed by atoms with Crippen molar-refractivity contribution in [2.24, 2.45) is 10.9 Å². The molecule has 5 N–H and O–H groups in total. The van der Waals surface area contributed by atoms with Crippen LogP contribution in [-0.2, 0) is 10.0 Å². The van der Waals surface area contributed by atoms with E-state index in [-0.39, 0.29) is 17.0 Å². The molecule has 1 atom stereocenters. The van der Waals surface area contributed by atoms with Crippen LogP contribution in [0.1, 0.15) is 18.9 Å². The molecule has 2 rings (SSSR count). The number of nitrogens with zero attached hydrogens (tertiary/aromatic N) is 2. The van der Waals surface area contributed by atoms with Crippen LogP contribution in [-0.4, -0.2) is 18.6 Å². The van der Waals surface area contributed by atoms with Gasteiger partial charge in [0.2, 0.25) is 15.9 Å². The maximum absolute atomic E-state index is 11.1. The van der Waals surface area contributed by atoms with Gasteiger partial charge >= 0.3 is 6.01 Å². The summed E-state index contributed by atoms with van der Waals surface area (Å²) in [5, 5.41) is 15.3. The Hall–Kier alpha value is -1.97. The van der Waals surface area contributed by atoms with Crippen molar-refractivity contribution in [3.05, 3.63) is 30.2 Å². The second-order valence-corrected chi connectivity index (χ2v) is 5.49. The fourth-order valence-corrected chi connectivity index (χ4v) is 1.84. The van der Waals surface area contributed by atoms with E-state index in [2.05, 4.69) is 15.5 Å². The number of nitrogens with two attached hydrogens (primary N) is 2. The van der Waals surface area contributed by atoms with Crippen LogP contribution in [0.4, 0.5) is 11.7 Å². The van der Waals surface area contributed by atoms with Gasteiger partial charge in [-0.3, -0.25) is 0 Å². The fraction of sp³-hybridized carbons (Fsp3) is 0.200. The zero-order valence-corrected chi connectivity index (χ0v) is 10.9. The van der Waals surface area contributed by atoms with Crippen LogP contribution in [0.5, 0.6) is 0 Å². The highest BCUT2D eigenvalue weighted by Gasteiger charge is 2.11. The minimum Gasteiger partial charge on any atom is -0.406 e. The van der Waals surface area contributed by atoms with Gasteiger partial charge in [-0.05, 0) is 31.2 Å². The van der Waals surface area contributed by atoms with E-state index in [0.29, 0.717) is 11.6 Å². The predicted molar refractivity (Wildman–Crippen MR) is 68.0 cm³/mol. The van der Waals surface area contributed by atoms with Crippen molar-refractivity contribution >= 4 is 21.7 Å². The molecule has 102 valence electrons. The molecule has 1 aromatic carbocycles. The van der Waals surface area contributed by atoms with Crippen LogP contribution >= 0.6 is 0 Å². The van der Waals surface area contributed by atoms with Gasteiger partial charge in [0.1, 0.15) is 0 Å². The molecule has 0 amide bonds. The Morgan fingerprint density at radius 1 is 1.26 bits per heavy atom. The Morgan fingerprint density at radius 2 is 1.89 bits per heavy atom. The first-order valence-electron chi connectivity index (χ1n) is 5.35. The SMILES string of the molecule is CC(N)c1nnc(Nc2ccc(S(N)(=O)=O)cc2)o1. The Morgan fingerprint density at radius 3 is 2.37 bits per heavy atom. The summed E-state index contributed by atoms with van der Waals surface area (Å²) >= 11 is 0. The number of hydrogen-bond donors (Lipinski definition) is 3. The predicted octanol–water partition coefficient (Wildman–Crippen LogP) is 0.480. The van der Waals surface area contributed by atoms with E-state index in [1.54, 1.807) is 6.92 Å². The number of benzene rings is 1. The molecule has 0 aliphatic carbocycles. The van der Waals surface area contributed by atoms with Crippen molar-refractivity contribution in [1.29, 1.82) is 0 Å². The standard InChI is InChI=1S/C10H13N5O3S/c1-6(11)9-14-15-10(18-9)13-7-2-4-8(5-3-7)19(12,16)17/h2-6H,11H2,1H3,(H,13,15)(H2,12,16,17). The van der Waals surface area contributed by atoms with E-state index in [1.165, 1.54) is 24.3 Å². The molecule has 1 unspecified atom stereocenters. The molecular weight excluding hydrogens is 270 g/mol. The minimum absolute atomic E-state index is 0.0276. The third-order valence-corrected chi connectivity index (χ3v) is 3.19. The quantitative estimate of drug-likeness (QED) is 0.741. The van der Waals surface area contributed by atoms with Gasteiger partial charge in [0.05, 0.1) is 10.9 Å². The van der Waals surface area contributed by atoms with Crippen LogP contribution < -0.4 is 16.2 Å². The van der Waals surface area contributed by atoms with Crippen molar-refractivity contribution in [3.8, 4) is 0 Å². The van der Waals surface area contributed by atoms with E-state index in [0.717, 1.165) is 0 Å². The van der Waals surface area contributed by atoms with Crippen molar-refractivity contribution in [3.63, 3.8) is 0 Å². The minimum atomic E-state index is -3.70. The van der Waals surface area contributed by atoms with Crippen molar-refractivity contribution in [2.75, 3.05) is 5.32 Å². The summed E-state index contributed by atoms with van der Waals surface area (Å²) in [6.45, 7) is 1.72. The lowest BCUT2D eigenvalue weighted by Gasteiger charge is -2.02. The lowest BCUT2D eigenvalue weighted by Crippen LogP contribution is -2.11. The number of anilines is 2. The zero-order valence-electron chi connectivity index (χ0n) is 10.1. The molecule has 1 heterocycles. The highest BCUT2D eigenvalue weighted by molar-refractivity contribution is 7.89. The van der Waals surface area contributed by atoms with Gasteiger partial charge in [0, 0.05) is 5.69 Å². The smallest absolute Gasteiger partial charge is 0.320 e. The maximum Gasteiger partial charge on any atom is 0.320 e. The van der Waals surface area contributed by atoms with Gasteiger partial charge in [0.15, 0.2) is 0 Å². The van der Waals surface area contributed by atoms with Gasteiger partial charge in [0.25, 0.3) is 0 Å². The van der Waals surface area contributed by atoms with Crippen molar-refractivity contribution in [1.82, 2.24) is 10.2 Å². The lowest BCUT2D eigenvalue weighted by atomic mass is 10.3. The van der Waals surface area contributed by atoms with E-state index < -0.39 is 10.0 Å². The molecule has 0 aliphatic rings. The Balaban J connectivity index is 2.15. The molecule has 0 radical (unpaired) electrons. The molecule has 0 fully saturated rings. The van der Waals surface area contributed by atoms with Crippen LogP contribution in [0.15, 0.2) is 33.6 Å². The molecule has 1 aromatic heterocycles. The van der Waals surface area contributed by atoms with Crippen molar-refractivity contribution < 1.29 is 12.8 Å². The summed E-state index contributed by atoms with van der Waals surface area (Å²) < 4.78 is 27.4. The van der Waals surface area contributed by atoms with E-state index in [1.807, 2.05) is 0 Å². The highest BCUT2D eigenvalue weighted by atomic mass is 32.2. The van der Waals surface area contributed by atoms with Gasteiger partial charge in [-0.15, -0.1) is 5.10 Å². The van der Waals surface area contributed by atoms with Crippen LogP contribution in [0.25, 0.3) is 0 Å². The number of hydrogen-bond acceptors (Lipinski definition) is 7. The molecule has 8 nitrogen and oxygen atoms in total. The molecule has 0 saturated heterocycles. The Labute approximate surface area is 109 Å². The summed E-state index contributed by atoms with van der Waals surface area (Å²) in [4.78, 5) is 0.0276. The maximum atomic E-state index is 11.1. The number of rotatable bonds is 4. The molecule has 19 heavy (non-hydrogen) atoms. The first-order valence-corrected chi connectivity index (χ1v) is 6.90. The number of aromatic nitrogens is 2. The molecule has 0 aliphatic heterocycles.